The lowest BCUT2D eigenvalue weighted by atomic mass is 10.0. The first-order chi connectivity index (χ1) is 10.3. The number of rotatable bonds is 6. The van der Waals surface area contributed by atoms with Gasteiger partial charge in [0.1, 0.15) is 11.6 Å². The average Bonchev–Trinajstić information content (AvgIpc) is 2.86. The van der Waals surface area contributed by atoms with E-state index in [4.69, 9.17) is 0 Å². The number of nitrogens with one attached hydrogen (secondary N) is 1. The molecule has 22 heavy (non-hydrogen) atoms. The van der Waals surface area contributed by atoms with E-state index in [0.717, 1.165) is 43.7 Å². The van der Waals surface area contributed by atoms with Crippen molar-refractivity contribution in [2.75, 3.05) is 25.9 Å². The third-order valence-corrected chi connectivity index (χ3v) is 4.46. The largest absolute Gasteiger partial charge is 0.296 e. The summed E-state index contributed by atoms with van der Waals surface area (Å²) in [5.41, 5.74) is 0.376. The monoisotopic (exact) mass is 331 g/mol. The van der Waals surface area contributed by atoms with Crippen molar-refractivity contribution in [1.82, 2.24) is 9.62 Å². The van der Waals surface area contributed by atoms with Gasteiger partial charge in [0.05, 0.1) is 6.26 Å². The van der Waals surface area contributed by atoms with E-state index in [1.54, 1.807) is 0 Å². The summed E-state index contributed by atoms with van der Waals surface area (Å²) in [7, 11) is -3.23. The van der Waals surface area contributed by atoms with Crippen LogP contribution >= 0.6 is 0 Å². The topological polar surface area (TPSA) is 49.4 Å². The van der Waals surface area contributed by atoms with Crippen molar-refractivity contribution >= 4 is 10.0 Å². The molecule has 0 aromatic heterocycles. The number of sulfonamides is 1. The molecule has 1 N–H and O–H groups in total. The van der Waals surface area contributed by atoms with Crippen molar-refractivity contribution in [1.29, 1.82) is 0 Å². The van der Waals surface area contributed by atoms with Gasteiger partial charge in [-0.1, -0.05) is 6.92 Å². The van der Waals surface area contributed by atoms with Crippen LogP contribution in [-0.2, 0) is 10.0 Å². The fourth-order valence-corrected chi connectivity index (χ4v) is 3.30. The van der Waals surface area contributed by atoms with Crippen LogP contribution in [0.2, 0.25) is 0 Å². The van der Waals surface area contributed by atoms with E-state index in [-0.39, 0.29) is 12.6 Å². The molecule has 1 radical (unpaired) electrons. The van der Waals surface area contributed by atoms with Crippen molar-refractivity contribution < 1.29 is 17.2 Å². The summed E-state index contributed by atoms with van der Waals surface area (Å²) < 4.78 is 52.0. The Kier molecular flexibility index (Phi) is 5.52. The number of halogens is 2. The molecule has 123 valence electrons. The zero-order valence-corrected chi connectivity index (χ0v) is 13.6. The van der Waals surface area contributed by atoms with Gasteiger partial charge in [0.15, 0.2) is 0 Å². The van der Waals surface area contributed by atoms with Crippen molar-refractivity contribution in [3.8, 4) is 0 Å². The van der Waals surface area contributed by atoms with Gasteiger partial charge in [-0.15, -0.1) is 0 Å². The van der Waals surface area contributed by atoms with Crippen LogP contribution in [-0.4, -0.2) is 39.2 Å². The highest BCUT2D eigenvalue weighted by Crippen LogP contribution is 2.34. The molecule has 1 aliphatic heterocycles. The van der Waals surface area contributed by atoms with Crippen molar-refractivity contribution in [3.63, 3.8) is 0 Å². The van der Waals surface area contributed by atoms with Gasteiger partial charge >= 0.3 is 0 Å². The Hall–Kier alpha value is -1.05. The summed E-state index contributed by atoms with van der Waals surface area (Å²) in [6.07, 6.45) is 2.79. The minimum atomic E-state index is -3.23. The summed E-state index contributed by atoms with van der Waals surface area (Å²) in [6, 6.07) is 3.36. The average molecular weight is 331 g/mol. The van der Waals surface area contributed by atoms with Crippen molar-refractivity contribution in [2.24, 2.45) is 0 Å². The summed E-state index contributed by atoms with van der Waals surface area (Å²) in [6.45, 7) is 3.46. The molecule has 1 heterocycles. The first-order valence-electron chi connectivity index (χ1n) is 7.21. The molecular formula is C15H21F2N2O2S. The summed E-state index contributed by atoms with van der Waals surface area (Å²) >= 11 is 0. The Bertz CT molecular complexity index is 622. The molecule has 4 nitrogen and oxygen atoms in total. The number of hydrogen-bond donors (Lipinski definition) is 1. The highest BCUT2D eigenvalue weighted by molar-refractivity contribution is 7.88. The molecule has 7 heteroatoms. The maximum Gasteiger partial charge on any atom is 0.208 e. The molecule has 1 aliphatic rings. The zero-order valence-electron chi connectivity index (χ0n) is 12.8. The molecule has 0 unspecified atom stereocenters. The lowest BCUT2D eigenvalue weighted by Crippen LogP contribution is -2.34. The van der Waals surface area contributed by atoms with E-state index >= 15 is 0 Å². The Labute approximate surface area is 130 Å². The van der Waals surface area contributed by atoms with E-state index < -0.39 is 21.7 Å². The predicted molar refractivity (Wildman–Crippen MR) is 81.7 cm³/mol. The van der Waals surface area contributed by atoms with Gasteiger partial charge in [0, 0.05) is 30.6 Å². The first kappa shape index (κ1) is 17.3. The fraction of sp³-hybridized carbons (Fsp3) is 0.533. The van der Waals surface area contributed by atoms with Crippen LogP contribution < -0.4 is 4.72 Å². The summed E-state index contributed by atoms with van der Waals surface area (Å²) in [5.74, 6) is 0.0991. The SMILES string of the molecule is C[C](CNS(C)(=O)=O)CN1CCC[C@@H]1c1cc(F)ccc1F. The third kappa shape index (κ3) is 4.72. The van der Waals surface area contributed by atoms with Gasteiger partial charge in [-0.2, -0.15) is 0 Å². The second-order valence-electron chi connectivity index (χ2n) is 5.84. The van der Waals surface area contributed by atoms with Gasteiger partial charge in [0.25, 0.3) is 0 Å². The minimum absolute atomic E-state index is 0.163. The highest BCUT2D eigenvalue weighted by atomic mass is 32.2. The van der Waals surface area contributed by atoms with E-state index in [2.05, 4.69) is 9.62 Å². The van der Waals surface area contributed by atoms with Crippen LogP contribution in [0.15, 0.2) is 18.2 Å². The smallest absolute Gasteiger partial charge is 0.208 e. The minimum Gasteiger partial charge on any atom is -0.296 e. The number of nitrogens with zero attached hydrogens (tertiary/aromatic N) is 1. The van der Waals surface area contributed by atoms with Crippen molar-refractivity contribution in [3.05, 3.63) is 41.3 Å². The molecule has 1 fully saturated rings. The predicted octanol–water partition coefficient (Wildman–Crippen LogP) is 2.25. The maximum absolute atomic E-state index is 13.9. The van der Waals surface area contributed by atoms with E-state index in [1.165, 1.54) is 6.07 Å². The Morgan fingerprint density at radius 1 is 1.41 bits per heavy atom. The Balaban J connectivity index is 2.03. The third-order valence-electron chi connectivity index (χ3n) is 3.79. The van der Waals surface area contributed by atoms with E-state index in [9.17, 15) is 17.2 Å². The summed E-state index contributed by atoms with van der Waals surface area (Å²) in [4.78, 5) is 2.07. The number of benzene rings is 1. The van der Waals surface area contributed by atoms with Crippen LogP contribution in [0.3, 0.4) is 0 Å². The quantitative estimate of drug-likeness (QED) is 0.870. The zero-order chi connectivity index (χ0) is 16.3. The van der Waals surface area contributed by atoms with Crippen molar-refractivity contribution in [2.45, 2.75) is 25.8 Å². The molecule has 1 saturated heterocycles. The Morgan fingerprint density at radius 3 is 2.82 bits per heavy atom. The number of hydrogen-bond acceptors (Lipinski definition) is 3. The molecule has 1 atom stereocenters. The highest BCUT2D eigenvalue weighted by Gasteiger charge is 2.29. The van der Waals surface area contributed by atoms with Crippen LogP contribution in [0.25, 0.3) is 0 Å². The van der Waals surface area contributed by atoms with Crippen LogP contribution in [0.4, 0.5) is 8.78 Å². The first-order valence-corrected chi connectivity index (χ1v) is 9.10. The van der Waals surface area contributed by atoms with Gasteiger partial charge in [0.2, 0.25) is 10.0 Å². The lowest BCUT2D eigenvalue weighted by Gasteiger charge is -2.27. The molecule has 1 aromatic carbocycles. The standard InChI is InChI=1S/C15H21F2N2O2S/c1-11(9-18-22(2,20)21)10-19-7-3-4-15(19)13-8-12(16)5-6-14(13)17/h5-6,8,15,18H,3-4,7,9-10H2,1-2H3/t15-/m1/s1. The maximum atomic E-state index is 13.9. The molecule has 0 amide bonds. The second kappa shape index (κ2) is 7.02. The van der Waals surface area contributed by atoms with Gasteiger partial charge in [-0.05, 0) is 37.6 Å². The molecule has 0 bridgehead atoms. The van der Waals surface area contributed by atoms with Gasteiger partial charge < -0.3 is 0 Å². The molecule has 2 rings (SSSR count). The van der Waals surface area contributed by atoms with Crippen LogP contribution in [0, 0.1) is 17.6 Å². The molecule has 0 aliphatic carbocycles. The molecular weight excluding hydrogens is 310 g/mol. The van der Waals surface area contributed by atoms with Gasteiger partial charge in [-0.3, -0.25) is 4.90 Å². The van der Waals surface area contributed by atoms with Crippen LogP contribution in [0.5, 0.6) is 0 Å². The van der Waals surface area contributed by atoms with E-state index in [1.807, 2.05) is 6.92 Å². The van der Waals surface area contributed by atoms with Crippen LogP contribution in [0.1, 0.15) is 31.4 Å². The molecule has 1 aromatic rings. The lowest BCUT2D eigenvalue weighted by molar-refractivity contribution is 0.259. The molecule has 0 saturated carbocycles. The Morgan fingerprint density at radius 2 is 2.14 bits per heavy atom. The molecule has 0 spiro atoms. The number of likely N-dealkylation sites (tertiary alicyclic amines) is 1. The van der Waals surface area contributed by atoms with Gasteiger partial charge in [-0.25, -0.2) is 21.9 Å². The summed E-state index contributed by atoms with van der Waals surface area (Å²) in [5, 5.41) is 0. The fourth-order valence-electron chi connectivity index (χ4n) is 2.79. The van der Waals surface area contributed by atoms with E-state index in [0.29, 0.717) is 12.1 Å². The normalized spacial score (nSPS) is 20.0. The second-order valence-corrected chi connectivity index (χ2v) is 7.68.